The second kappa shape index (κ2) is 5.80. The molecule has 1 fully saturated rings. The average Bonchev–Trinajstić information content (AvgIpc) is 3.04. The second-order valence-electron chi connectivity index (χ2n) is 5.81. The molecule has 2 N–H and O–H groups in total. The standard InChI is InChI=1S/C13H25N5/c1-10(2)7-18-13(15-9-16-18)8-17(3)12(6-14)11-4-5-11/h9-12H,4-8,14H2,1-3H3. The fraction of sp³-hybridized carbons (Fsp3) is 0.846. The average molecular weight is 251 g/mol. The number of hydrogen-bond donors (Lipinski definition) is 1. The van der Waals surface area contributed by atoms with Gasteiger partial charge in [0.1, 0.15) is 12.2 Å². The van der Waals surface area contributed by atoms with Gasteiger partial charge in [0, 0.05) is 19.1 Å². The smallest absolute Gasteiger partial charge is 0.141 e. The molecule has 2 rings (SSSR count). The van der Waals surface area contributed by atoms with Crippen molar-refractivity contribution >= 4 is 0 Å². The monoisotopic (exact) mass is 251 g/mol. The summed E-state index contributed by atoms with van der Waals surface area (Å²) in [6, 6.07) is 0.495. The van der Waals surface area contributed by atoms with Crippen molar-refractivity contribution in [3.05, 3.63) is 12.2 Å². The zero-order chi connectivity index (χ0) is 13.1. The van der Waals surface area contributed by atoms with E-state index >= 15 is 0 Å². The quantitative estimate of drug-likeness (QED) is 0.788. The van der Waals surface area contributed by atoms with Crippen molar-refractivity contribution in [1.82, 2.24) is 19.7 Å². The first kappa shape index (κ1) is 13.5. The molecule has 1 aromatic heterocycles. The van der Waals surface area contributed by atoms with E-state index in [1.54, 1.807) is 6.33 Å². The van der Waals surface area contributed by atoms with Crippen LogP contribution in [-0.2, 0) is 13.1 Å². The van der Waals surface area contributed by atoms with Crippen LogP contribution in [0.4, 0.5) is 0 Å². The van der Waals surface area contributed by atoms with Gasteiger partial charge in [-0.15, -0.1) is 0 Å². The third kappa shape index (κ3) is 3.29. The zero-order valence-corrected chi connectivity index (χ0v) is 11.7. The van der Waals surface area contributed by atoms with Crippen LogP contribution in [0.15, 0.2) is 6.33 Å². The Balaban J connectivity index is 1.97. The van der Waals surface area contributed by atoms with Gasteiger partial charge in [0.15, 0.2) is 0 Å². The van der Waals surface area contributed by atoms with Crippen molar-refractivity contribution in [2.45, 2.75) is 45.8 Å². The van der Waals surface area contributed by atoms with Crippen LogP contribution in [0.1, 0.15) is 32.5 Å². The number of rotatable bonds is 7. The molecule has 0 saturated heterocycles. The maximum absolute atomic E-state index is 5.88. The van der Waals surface area contributed by atoms with Crippen LogP contribution in [0, 0.1) is 11.8 Å². The molecule has 1 aliphatic rings. The predicted octanol–water partition coefficient (Wildman–Crippen LogP) is 1.10. The molecule has 5 nitrogen and oxygen atoms in total. The Kier molecular flexibility index (Phi) is 4.35. The maximum atomic E-state index is 5.88. The van der Waals surface area contributed by atoms with Crippen molar-refractivity contribution in [2.75, 3.05) is 13.6 Å². The van der Waals surface area contributed by atoms with Gasteiger partial charge in [-0.1, -0.05) is 13.8 Å². The van der Waals surface area contributed by atoms with Crippen LogP contribution >= 0.6 is 0 Å². The predicted molar refractivity (Wildman–Crippen MR) is 71.9 cm³/mol. The molecule has 1 heterocycles. The fourth-order valence-electron chi connectivity index (χ4n) is 2.46. The van der Waals surface area contributed by atoms with Gasteiger partial charge in [-0.25, -0.2) is 9.67 Å². The highest BCUT2D eigenvalue weighted by atomic mass is 15.3. The SMILES string of the molecule is CC(C)Cn1ncnc1CN(C)C(CN)C1CC1. The van der Waals surface area contributed by atoms with Crippen molar-refractivity contribution in [3.63, 3.8) is 0 Å². The summed E-state index contributed by atoms with van der Waals surface area (Å²) in [4.78, 5) is 6.71. The third-order valence-corrected chi connectivity index (χ3v) is 3.60. The summed E-state index contributed by atoms with van der Waals surface area (Å²) < 4.78 is 2.02. The lowest BCUT2D eigenvalue weighted by atomic mass is 10.1. The minimum atomic E-state index is 0.495. The van der Waals surface area contributed by atoms with Gasteiger partial charge < -0.3 is 5.73 Å². The highest BCUT2D eigenvalue weighted by molar-refractivity contribution is 4.91. The van der Waals surface area contributed by atoms with Crippen LogP contribution in [0.25, 0.3) is 0 Å². The molecule has 0 radical (unpaired) electrons. The molecular weight excluding hydrogens is 226 g/mol. The molecule has 1 aromatic rings. The Labute approximate surface area is 109 Å². The van der Waals surface area contributed by atoms with Gasteiger partial charge in [-0.3, -0.25) is 4.90 Å². The Bertz CT molecular complexity index is 369. The molecule has 0 aliphatic heterocycles. The van der Waals surface area contributed by atoms with E-state index in [-0.39, 0.29) is 0 Å². The second-order valence-corrected chi connectivity index (χ2v) is 5.81. The van der Waals surface area contributed by atoms with Gasteiger partial charge >= 0.3 is 0 Å². The maximum Gasteiger partial charge on any atom is 0.141 e. The number of nitrogens with zero attached hydrogens (tertiary/aromatic N) is 4. The van der Waals surface area contributed by atoms with Crippen LogP contribution < -0.4 is 5.73 Å². The van der Waals surface area contributed by atoms with Gasteiger partial charge in [0.2, 0.25) is 0 Å². The molecule has 1 saturated carbocycles. The van der Waals surface area contributed by atoms with E-state index in [1.807, 2.05) is 4.68 Å². The molecule has 0 bridgehead atoms. The first-order chi connectivity index (χ1) is 8.61. The summed E-state index contributed by atoms with van der Waals surface area (Å²) in [6.45, 7) is 6.90. The molecule has 102 valence electrons. The first-order valence-electron chi connectivity index (χ1n) is 6.88. The summed E-state index contributed by atoms with van der Waals surface area (Å²) in [5.41, 5.74) is 5.88. The Hall–Kier alpha value is -0.940. The van der Waals surface area contributed by atoms with Gasteiger partial charge in [0.05, 0.1) is 6.54 Å². The molecule has 0 spiro atoms. The van der Waals surface area contributed by atoms with Gasteiger partial charge in [-0.05, 0) is 31.7 Å². The molecule has 1 aliphatic carbocycles. The molecule has 1 atom stereocenters. The van der Waals surface area contributed by atoms with E-state index in [0.29, 0.717) is 12.0 Å². The van der Waals surface area contributed by atoms with Crippen LogP contribution in [0.5, 0.6) is 0 Å². The summed E-state index contributed by atoms with van der Waals surface area (Å²) >= 11 is 0. The van der Waals surface area contributed by atoms with E-state index in [2.05, 4.69) is 35.9 Å². The van der Waals surface area contributed by atoms with Crippen LogP contribution in [0.2, 0.25) is 0 Å². The van der Waals surface area contributed by atoms with Crippen molar-refractivity contribution in [3.8, 4) is 0 Å². The number of hydrogen-bond acceptors (Lipinski definition) is 4. The van der Waals surface area contributed by atoms with E-state index in [1.165, 1.54) is 12.8 Å². The topological polar surface area (TPSA) is 60.0 Å². The summed E-state index contributed by atoms with van der Waals surface area (Å²) in [7, 11) is 2.14. The van der Waals surface area contributed by atoms with Crippen molar-refractivity contribution in [1.29, 1.82) is 0 Å². The van der Waals surface area contributed by atoms with E-state index in [4.69, 9.17) is 5.73 Å². The summed E-state index contributed by atoms with van der Waals surface area (Å²) in [5.74, 6) is 2.43. The van der Waals surface area contributed by atoms with E-state index in [0.717, 1.165) is 31.4 Å². The summed E-state index contributed by atoms with van der Waals surface area (Å²) in [6.07, 6.45) is 4.30. The molecule has 18 heavy (non-hydrogen) atoms. The Morgan fingerprint density at radius 3 is 2.78 bits per heavy atom. The lowest BCUT2D eigenvalue weighted by molar-refractivity contribution is 0.206. The minimum Gasteiger partial charge on any atom is -0.329 e. The third-order valence-electron chi connectivity index (χ3n) is 3.60. The Morgan fingerprint density at radius 2 is 2.22 bits per heavy atom. The van der Waals surface area contributed by atoms with Gasteiger partial charge in [0.25, 0.3) is 0 Å². The summed E-state index contributed by atoms with van der Waals surface area (Å²) in [5, 5.41) is 4.30. The molecule has 0 amide bonds. The largest absolute Gasteiger partial charge is 0.329 e. The molecular formula is C13H25N5. The lowest BCUT2D eigenvalue weighted by Crippen LogP contribution is -2.39. The number of likely N-dealkylation sites (N-methyl/N-ethyl adjacent to an activating group) is 1. The van der Waals surface area contributed by atoms with Crippen molar-refractivity contribution in [2.24, 2.45) is 17.6 Å². The van der Waals surface area contributed by atoms with E-state index < -0.39 is 0 Å². The zero-order valence-electron chi connectivity index (χ0n) is 11.7. The van der Waals surface area contributed by atoms with Crippen molar-refractivity contribution < 1.29 is 0 Å². The number of aromatic nitrogens is 3. The molecule has 1 unspecified atom stereocenters. The highest BCUT2D eigenvalue weighted by Gasteiger charge is 2.33. The molecule has 0 aromatic carbocycles. The first-order valence-corrected chi connectivity index (χ1v) is 6.88. The Morgan fingerprint density at radius 1 is 1.50 bits per heavy atom. The van der Waals surface area contributed by atoms with Gasteiger partial charge in [-0.2, -0.15) is 5.10 Å². The fourth-order valence-corrected chi connectivity index (χ4v) is 2.46. The van der Waals surface area contributed by atoms with Crippen LogP contribution in [0.3, 0.4) is 0 Å². The lowest BCUT2D eigenvalue weighted by Gasteiger charge is -2.26. The highest BCUT2D eigenvalue weighted by Crippen LogP contribution is 2.34. The number of nitrogens with two attached hydrogens (primary N) is 1. The van der Waals surface area contributed by atoms with E-state index in [9.17, 15) is 0 Å². The molecule has 5 heteroatoms. The normalized spacial score (nSPS) is 17.7. The van der Waals surface area contributed by atoms with Crippen LogP contribution in [-0.4, -0.2) is 39.3 Å². The minimum absolute atomic E-state index is 0.495.